The van der Waals surface area contributed by atoms with E-state index >= 15 is 0 Å². The van der Waals surface area contributed by atoms with Gasteiger partial charge in [-0.3, -0.25) is 23.5 Å². The summed E-state index contributed by atoms with van der Waals surface area (Å²) in [4.78, 5) is 87.0. The van der Waals surface area contributed by atoms with Crippen molar-refractivity contribution in [1.29, 1.82) is 0 Å². The van der Waals surface area contributed by atoms with Gasteiger partial charge in [-0.05, 0) is 164 Å². The summed E-state index contributed by atoms with van der Waals surface area (Å²) in [6, 6.07) is 31.5. The third-order valence-electron chi connectivity index (χ3n) is 16.7. The molecular formula is C67H72N17O10S5+. The lowest BCUT2D eigenvalue weighted by molar-refractivity contribution is -0.129. The predicted octanol–water partition coefficient (Wildman–Crippen LogP) is 14.2. The maximum atomic E-state index is 14.6. The first-order valence-electron chi connectivity index (χ1n) is 32.1. The maximum Gasteiger partial charge on any atom is 0.357 e. The number of nitrogens with zero attached hydrogens (tertiary/aromatic N) is 13. The number of anilines is 9. The van der Waals surface area contributed by atoms with Gasteiger partial charge in [0.05, 0.1) is 44.7 Å². The van der Waals surface area contributed by atoms with Gasteiger partial charge in [0.25, 0.3) is 37.9 Å². The van der Waals surface area contributed by atoms with Gasteiger partial charge in [-0.25, -0.2) is 9.28 Å². The largest absolute Gasteiger partial charge is 0.372 e. The number of Topliss-reactive ketones (excluding diaryl/α,β-unsaturated/α-hetero) is 1. The highest BCUT2D eigenvalue weighted by Gasteiger charge is 2.50. The molecule has 0 radical (unpaired) electrons. The number of fused-ring (bicyclic) bond motifs is 2. The lowest BCUT2D eigenvalue weighted by Crippen LogP contribution is -2.60. The van der Waals surface area contributed by atoms with Gasteiger partial charge in [0.15, 0.2) is 10.9 Å². The zero-order chi connectivity index (χ0) is 70.0. The van der Waals surface area contributed by atoms with Gasteiger partial charge < -0.3 is 36.0 Å². The number of hydrogen-bond acceptors (Lipinski definition) is 25. The molecule has 6 heterocycles. The molecule has 99 heavy (non-hydrogen) atoms. The number of benzene rings is 5. The Hall–Kier alpha value is -9.54. The average Bonchev–Trinajstić information content (AvgIpc) is 1.68. The number of quaternary nitrogens is 1. The molecule has 11 rings (SSSR count). The second-order valence-electron chi connectivity index (χ2n) is 23.2. The zero-order valence-corrected chi connectivity index (χ0v) is 58.8. The van der Waals surface area contributed by atoms with E-state index in [9.17, 15) is 45.1 Å². The number of amides is 3. The van der Waals surface area contributed by atoms with Gasteiger partial charge in [0.1, 0.15) is 27.6 Å². The molecule has 0 saturated carbocycles. The average molecular weight is 1440 g/mol. The van der Waals surface area contributed by atoms with Crippen molar-refractivity contribution >= 4 is 170 Å². The number of piperidine rings is 2. The Labute approximate surface area is 584 Å². The van der Waals surface area contributed by atoms with E-state index in [0.29, 0.717) is 120 Å². The van der Waals surface area contributed by atoms with Crippen LogP contribution in [-0.4, -0.2) is 127 Å². The minimum absolute atomic E-state index is 0.0475. The van der Waals surface area contributed by atoms with E-state index < -0.39 is 53.5 Å². The number of thioether (sulfide) groups is 1. The number of carbonyl (C=O) groups excluding carboxylic acids is 4. The molecule has 0 bridgehead atoms. The van der Waals surface area contributed by atoms with Crippen LogP contribution >= 0.6 is 34.4 Å². The van der Waals surface area contributed by atoms with Crippen LogP contribution in [-0.2, 0) is 45.2 Å². The van der Waals surface area contributed by atoms with Gasteiger partial charge in [-0.15, -0.1) is 20.5 Å². The topological polar surface area (TPSA) is 349 Å². The van der Waals surface area contributed by atoms with Crippen LogP contribution in [0.2, 0.25) is 0 Å². The number of ketones is 1. The Morgan fingerprint density at radius 1 is 0.636 bits per heavy atom. The SMILES string of the molecule is CCN(CC)c1ccc(N=Nc2nc3c(s2)C=C(C(=O)Nc2cccc(S(=O)(=O)O)c2)C(=O)[N+]32CCCCC2)c(Nc2nc(Nc3cc(N(CC)CC)ccc3N=Nc3nc(N4CCCCC4)c(/C=C(/C(C)=O)C(=O)Nc4cccc(S(=O)(=O)O)c4)s3)nc(SCc3ccccc3)n2)c1. The molecule has 5 aromatic carbocycles. The van der Waals surface area contributed by atoms with Crippen LogP contribution in [0.15, 0.2) is 162 Å². The fraction of sp³-hybridized carbons (Fsp3) is 0.299. The summed E-state index contributed by atoms with van der Waals surface area (Å²) in [6.07, 6.45) is 8.02. The minimum Gasteiger partial charge on any atom is -0.372 e. The van der Waals surface area contributed by atoms with Gasteiger partial charge in [-0.2, -0.15) is 41.8 Å². The van der Waals surface area contributed by atoms with Crippen molar-refractivity contribution < 1.29 is 45.1 Å². The van der Waals surface area contributed by atoms with Crippen LogP contribution in [0.5, 0.6) is 0 Å². The number of nitrogens with one attached hydrogen (secondary N) is 4. The Morgan fingerprint density at radius 2 is 1.18 bits per heavy atom. The van der Waals surface area contributed by atoms with Gasteiger partial charge in [0, 0.05) is 67.8 Å². The van der Waals surface area contributed by atoms with Crippen molar-refractivity contribution in [2.24, 2.45) is 20.5 Å². The number of rotatable bonds is 26. The molecule has 3 aliphatic heterocycles. The summed E-state index contributed by atoms with van der Waals surface area (Å²) in [5.41, 5.74) is 4.26. The monoisotopic (exact) mass is 1430 g/mol. The zero-order valence-electron chi connectivity index (χ0n) is 54.7. The fourth-order valence-corrected chi connectivity index (χ4v) is 15.3. The van der Waals surface area contributed by atoms with Crippen molar-refractivity contribution in [3.05, 3.63) is 142 Å². The van der Waals surface area contributed by atoms with Gasteiger partial charge in [0.2, 0.25) is 22.2 Å². The molecule has 514 valence electrons. The van der Waals surface area contributed by atoms with E-state index in [0.717, 1.165) is 77.4 Å². The molecule has 3 amide bonds. The van der Waals surface area contributed by atoms with E-state index in [1.165, 1.54) is 67.2 Å². The Kier molecular flexibility index (Phi) is 22.2. The van der Waals surface area contributed by atoms with E-state index in [-0.39, 0.29) is 49.2 Å². The highest BCUT2D eigenvalue weighted by molar-refractivity contribution is 7.98. The van der Waals surface area contributed by atoms with Crippen molar-refractivity contribution in [3.63, 3.8) is 0 Å². The molecule has 32 heteroatoms. The summed E-state index contributed by atoms with van der Waals surface area (Å²) in [6.45, 7) is 14.4. The lowest BCUT2D eigenvalue weighted by atomic mass is 10.00. The molecule has 8 aromatic rings. The fourth-order valence-electron chi connectivity index (χ4n) is 11.7. The molecule has 3 aliphatic rings. The second-order valence-corrected chi connectivity index (χ2v) is 29.0. The predicted molar refractivity (Wildman–Crippen MR) is 388 cm³/mol. The summed E-state index contributed by atoms with van der Waals surface area (Å²) in [7, 11) is -9.16. The molecule has 0 atom stereocenters. The van der Waals surface area contributed by atoms with Crippen LogP contribution in [0.1, 0.15) is 88.5 Å². The number of aromatic nitrogens is 5. The highest BCUT2D eigenvalue weighted by Crippen LogP contribution is 2.45. The maximum absolute atomic E-state index is 14.6. The molecule has 3 aromatic heterocycles. The second kappa shape index (κ2) is 31.1. The molecule has 2 saturated heterocycles. The van der Waals surface area contributed by atoms with E-state index in [2.05, 4.69) is 73.9 Å². The standard InChI is InChI=1S/C67H71N17O10S5/c1-6-81(7-2)46-27-29-52(77-79-66-72-58(83-31-15-11-16-32-83)56(96-66)39-50(42(5)85)60(86)68-44-23-19-25-48(35-44)98(89,90)91)54(37-46)70-63-74-64(76-65(75-63)95-41-43-21-13-10-14-22-43)71-55-38-47(82(8-3)9-4)28-30-53(55)78-80-67-73-59-57(97-67)40-51(62(88)84(59)33-17-12-18-34-84)61(87)69-45-24-20-26-49(36-45)99(92,93)94/h10,13-14,19-30,35-40H,6-9,11-12,15-18,31-34,41H2,1-5H3,(H5-,68,69,70,71,72,73,74,75,76,79,80,85,86,87,88,89,90,91,92,93,94)/p+1. The van der Waals surface area contributed by atoms with Crippen molar-refractivity contribution in [2.75, 3.05) is 88.3 Å². The minimum atomic E-state index is -4.58. The summed E-state index contributed by atoms with van der Waals surface area (Å²) >= 11 is 3.69. The third kappa shape index (κ3) is 17.0. The molecule has 0 aliphatic carbocycles. The van der Waals surface area contributed by atoms with Crippen LogP contribution in [0.4, 0.5) is 79.3 Å². The number of azo groups is 2. The molecule has 27 nitrogen and oxygen atoms in total. The van der Waals surface area contributed by atoms with Crippen LogP contribution in [0.3, 0.4) is 0 Å². The Bertz CT molecular complexity index is 4730. The summed E-state index contributed by atoms with van der Waals surface area (Å²) in [5, 5.41) is 31.9. The van der Waals surface area contributed by atoms with Crippen molar-refractivity contribution in [1.82, 2.24) is 29.4 Å². The summed E-state index contributed by atoms with van der Waals surface area (Å²) < 4.78 is 66.9. The van der Waals surface area contributed by atoms with Gasteiger partial charge >= 0.3 is 5.91 Å². The van der Waals surface area contributed by atoms with Crippen molar-refractivity contribution in [3.8, 4) is 0 Å². The smallest absolute Gasteiger partial charge is 0.357 e. The number of thiazole rings is 2. The van der Waals surface area contributed by atoms with Crippen molar-refractivity contribution in [2.45, 2.75) is 93.8 Å². The normalized spacial score (nSPS) is 14.9. The van der Waals surface area contributed by atoms with E-state index in [4.69, 9.17) is 35.1 Å². The molecule has 0 unspecified atom stereocenters. The van der Waals surface area contributed by atoms with Crippen LogP contribution < -0.4 is 40.4 Å². The molecule has 6 N–H and O–H groups in total. The lowest BCUT2D eigenvalue weighted by Gasteiger charge is -2.38. The molecule has 2 fully saturated rings. The molecular weight excluding hydrogens is 1360 g/mol. The Balaban J connectivity index is 0.941. The molecule has 1 spiro atoms. The first kappa shape index (κ1) is 70.8. The number of hydrogen-bond donors (Lipinski definition) is 6. The van der Waals surface area contributed by atoms with Crippen LogP contribution in [0, 0.1) is 0 Å². The van der Waals surface area contributed by atoms with E-state index in [1.807, 2.05) is 66.7 Å². The number of carbonyl (C=O) groups is 4. The third-order valence-corrected chi connectivity index (χ3v) is 21.1. The van der Waals surface area contributed by atoms with Gasteiger partial charge in [-0.1, -0.05) is 76.9 Å². The highest BCUT2D eigenvalue weighted by atomic mass is 32.2. The quantitative estimate of drug-likeness (QED) is 0.00558. The van der Waals surface area contributed by atoms with Crippen LogP contribution in [0.25, 0.3) is 12.2 Å². The first-order valence-corrected chi connectivity index (χ1v) is 37.6. The van der Waals surface area contributed by atoms with E-state index in [1.54, 1.807) is 0 Å². The first-order chi connectivity index (χ1) is 47.6. The summed E-state index contributed by atoms with van der Waals surface area (Å²) in [5.74, 6) is -0.776. The Morgan fingerprint density at radius 3 is 1.73 bits per heavy atom.